The summed E-state index contributed by atoms with van der Waals surface area (Å²) in [6.07, 6.45) is 10.1. The van der Waals surface area contributed by atoms with Crippen LogP contribution >= 0.6 is 0 Å². The Hall–Kier alpha value is -2.95. The Kier molecular flexibility index (Phi) is 12.6. The van der Waals surface area contributed by atoms with E-state index in [1.165, 1.54) is 31.2 Å². The van der Waals surface area contributed by atoms with Crippen molar-refractivity contribution in [2.45, 2.75) is 71.6 Å². The van der Waals surface area contributed by atoms with Crippen molar-refractivity contribution >= 4 is 17.3 Å². The third kappa shape index (κ3) is 11.5. The summed E-state index contributed by atoms with van der Waals surface area (Å²) >= 11 is 0. The maximum absolute atomic E-state index is 11.3. The first-order valence-corrected chi connectivity index (χ1v) is 12.1. The van der Waals surface area contributed by atoms with Crippen LogP contribution in [0, 0.1) is 0 Å². The first kappa shape index (κ1) is 26.3. The van der Waals surface area contributed by atoms with Crippen LogP contribution in [-0.2, 0) is 16.0 Å². The molecule has 0 saturated heterocycles. The number of ether oxygens (including phenoxy) is 2. The molecule has 0 bridgehead atoms. The number of carbonyl (C=O) groups excluding carboxylic acids is 1. The van der Waals surface area contributed by atoms with Crippen molar-refractivity contribution in [3.8, 4) is 5.75 Å². The second kappa shape index (κ2) is 15.8. The number of hydrogen-bond acceptors (Lipinski definition) is 5. The van der Waals surface area contributed by atoms with Gasteiger partial charge in [-0.3, -0.25) is 0 Å². The molecule has 0 spiro atoms. The standard InChI is InChI=1S/C28H38N2O3/c1-4-5-6-9-12-24-13-15-25(16-14-24)29-30-26-17-19-27(20-18-26)32-21-10-7-8-11-22-33-28(31)23(2)3/h13-20H,2,4-12,21-22H2,1,3H3. The van der Waals surface area contributed by atoms with Crippen molar-refractivity contribution < 1.29 is 14.3 Å². The van der Waals surface area contributed by atoms with E-state index in [0.29, 0.717) is 18.8 Å². The van der Waals surface area contributed by atoms with Gasteiger partial charge >= 0.3 is 5.97 Å². The zero-order chi connectivity index (χ0) is 23.7. The van der Waals surface area contributed by atoms with Gasteiger partial charge in [0, 0.05) is 5.57 Å². The van der Waals surface area contributed by atoms with Gasteiger partial charge < -0.3 is 9.47 Å². The van der Waals surface area contributed by atoms with Crippen molar-refractivity contribution in [1.29, 1.82) is 0 Å². The van der Waals surface area contributed by atoms with E-state index in [4.69, 9.17) is 9.47 Å². The van der Waals surface area contributed by atoms with E-state index in [9.17, 15) is 4.79 Å². The van der Waals surface area contributed by atoms with Crippen LogP contribution in [0.15, 0.2) is 70.9 Å². The molecule has 0 amide bonds. The SMILES string of the molecule is C=C(C)C(=O)OCCCCCCOc1ccc(N=Nc2ccc(CCCCCC)cc2)cc1. The van der Waals surface area contributed by atoms with E-state index in [1.54, 1.807) is 6.92 Å². The molecule has 33 heavy (non-hydrogen) atoms. The van der Waals surface area contributed by atoms with E-state index in [0.717, 1.165) is 49.2 Å². The van der Waals surface area contributed by atoms with Gasteiger partial charge in [-0.15, -0.1) is 0 Å². The van der Waals surface area contributed by atoms with Gasteiger partial charge in [0.2, 0.25) is 0 Å². The van der Waals surface area contributed by atoms with Crippen LogP contribution in [0.2, 0.25) is 0 Å². The number of unbranched alkanes of at least 4 members (excludes halogenated alkanes) is 6. The second-order valence-electron chi connectivity index (χ2n) is 8.35. The highest BCUT2D eigenvalue weighted by Crippen LogP contribution is 2.22. The molecule has 0 aliphatic heterocycles. The lowest BCUT2D eigenvalue weighted by molar-refractivity contribution is -0.139. The van der Waals surface area contributed by atoms with Gasteiger partial charge in [-0.05, 0) is 87.4 Å². The number of azo groups is 1. The summed E-state index contributed by atoms with van der Waals surface area (Å²) in [6.45, 7) is 8.57. The lowest BCUT2D eigenvalue weighted by atomic mass is 10.1. The molecule has 2 aromatic rings. The summed E-state index contributed by atoms with van der Waals surface area (Å²) in [7, 11) is 0. The summed E-state index contributed by atoms with van der Waals surface area (Å²) in [4.78, 5) is 11.3. The molecule has 178 valence electrons. The molecule has 0 aliphatic rings. The van der Waals surface area contributed by atoms with Crippen LogP contribution in [0.1, 0.15) is 70.8 Å². The first-order chi connectivity index (χ1) is 16.1. The Bertz CT molecular complexity index is 858. The van der Waals surface area contributed by atoms with Gasteiger partial charge in [-0.1, -0.05) is 44.9 Å². The zero-order valence-electron chi connectivity index (χ0n) is 20.2. The molecule has 5 nitrogen and oxygen atoms in total. The van der Waals surface area contributed by atoms with Crippen molar-refractivity contribution in [2.75, 3.05) is 13.2 Å². The first-order valence-electron chi connectivity index (χ1n) is 12.1. The van der Waals surface area contributed by atoms with Gasteiger partial charge in [0.05, 0.1) is 24.6 Å². The average molecular weight is 451 g/mol. The molecule has 2 aromatic carbocycles. The highest BCUT2D eigenvalue weighted by atomic mass is 16.5. The summed E-state index contributed by atoms with van der Waals surface area (Å²) in [5, 5.41) is 8.66. The van der Waals surface area contributed by atoms with E-state index in [2.05, 4.69) is 35.9 Å². The Balaban J connectivity index is 1.62. The number of aryl methyl sites for hydroxylation is 1. The van der Waals surface area contributed by atoms with Gasteiger partial charge in [0.25, 0.3) is 0 Å². The minimum atomic E-state index is -0.313. The number of esters is 1. The number of nitrogens with zero attached hydrogens (tertiary/aromatic N) is 2. The maximum atomic E-state index is 11.3. The summed E-state index contributed by atoms with van der Waals surface area (Å²) < 4.78 is 10.9. The van der Waals surface area contributed by atoms with Crippen LogP contribution in [0.3, 0.4) is 0 Å². The lowest BCUT2D eigenvalue weighted by Gasteiger charge is -2.07. The Morgan fingerprint density at radius 2 is 1.36 bits per heavy atom. The highest BCUT2D eigenvalue weighted by molar-refractivity contribution is 5.86. The topological polar surface area (TPSA) is 60.2 Å². The molecule has 2 rings (SSSR count). The predicted octanol–water partition coefficient (Wildman–Crippen LogP) is 8.28. The highest BCUT2D eigenvalue weighted by Gasteiger charge is 2.02. The fraction of sp³-hybridized carbons (Fsp3) is 0.464. The van der Waals surface area contributed by atoms with Crippen LogP contribution in [-0.4, -0.2) is 19.2 Å². The van der Waals surface area contributed by atoms with E-state index < -0.39 is 0 Å². The molecule has 0 radical (unpaired) electrons. The minimum absolute atomic E-state index is 0.313. The molecule has 0 heterocycles. The average Bonchev–Trinajstić information content (AvgIpc) is 2.83. The molecule has 0 fully saturated rings. The molecular formula is C28H38N2O3. The largest absolute Gasteiger partial charge is 0.494 e. The molecule has 0 atom stereocenters. The monoisotopic (exact) mass is 450 g/mol. The lowest BCUT2D eigenvalue weighted by Crippen LogP contribution is -2.06. The van der Waals surface area contributed by atoms with Gasteiger partial charge in [-0.25, -0.2) is 4.79 Å². The zero-order valence-corrected chi connectivity index (χ0v) is 20.2. The minimum Gasteiger partial charge on any atom is -0.494 e. The van der Waals surface area contributed by atoms with Crippen LogP contribution < -0.4 is 4.74 Å². The Morgan fingerprint density at radius 1 is 0.788 bits per heavy atom. The number of benzene rings is 2. The van der Waals surface area contributed by atoms with E-state index >= 15 is 0 Å². The summed E-state index contributed by atoms with van der Waals surface area (Å²) in [5.41, 5.74) is 3.47. The third-order valence-corrected chi connectivity index (χ3v) is 5.26. The Labute approximate surface area is 198 Å². The van der Waals surface area contributed by atoms with Crippen molar-refractivity contribution in [3.63, 3.8) is 0 Å². The fourth-order valence-corrected chi connectivity index (χ4v) is 3.25. The van der Waals surface area contributed by atoms with Gasteiger partial charge in [0.1, 0.15) is 5.75 Å². The molecule has 0 aliphatic carbocycles. The third-order valence-electron chi connectivity index (χ3n) is 5.26. The smallest absolute Gasteiger partial charge is 0.333 e. The maximum Gasteiger partial charge on any atom is 0.333 e. The van der Waals surface area contributed by atoms with E-state index in [-0.39, 0.29) is 5.97 Å². The van der Waals surface area contributed by atoms with Gasteiger partial charge in [-0.2, -0.15) is 10.2 Å². The van der Waals surface area contributed by atoms with Crippen LogP contribution in [0.25, 0.3) is 0 Å². The van der Waals surface area contributed by atoms with E-state index in [1.807, 2.05) is 36.4 Å². The van der Waals surface area contributed by atoms with Crippen molar-refractivity contribution in [1.82, 2.24) is 0 Å². The fourth-order valence-electron chi connectivity index (χ4n) is 3.25. The summed E-state index contributed by atoms with van der Waals surface area (Å²) in [6, 6.07) is 16.0. The second-order valence-corrected chi connectivity index (χ2v) is 8.35. The molecule has 0 unspecified atom stereocenters. The molecule has 0 aromatic heterocycles. The van der Waals surface area contributed by atoms with Gasteiger partial charge in [0.15, 0.2) is 0 Å². The predicted molar refractivity (Wildman–Crippen MR) is 135 cm³/mol. The normalized spacial score (nSPS) is 11.0. The molecule has 0 saturated carbocycles. The molecular weight excluding hydrogens is 412 g/mol. The molecule has 0 N–H and O–H groups in total. The van der Waals surface area contributed by atoms with Crippen molar-refractivity contribution in [2.24, 2.45) is 10.2 Å². The Morgan fingerprint density at radius 3 is 1.97 bits per heavy atom. The number of carbonyl (C=O) groups is 1. The van der Waals surface area contributed by atoms with Crippen LogP contribution in [0.4, 0.5) is 11.4 Å². The number of hydrogen-bond donors (Lipinski definition) is 0. The van der Waals surface area contributed by atoms with Crippen LogP contribution in [0.5, 0.6) is 5.75 Å². The van der Waals surface area contributed by atoms with Crippen molar-refractivity contribution in [3.05, 3.63) is 66.2 Å². The molecule has 5 heteroatoms. The number of rotatable bonds is 16. The quantitative estimate of drug-likeness (QED) is 0.112. The summed E-state index contributed by atoms with van der Waals surface area (Å²) in [5.74, 6) is 0.518.